The first-order valence-electron chi connectivity index (χ1n) is 6.29. The van der Waals surface area contributed by atoms with Crippen molar-refractivity contribution in [3.63, 3.8) is 0 Å². The van der Waals surface area contributed by atoms with Crippen LogP contribution in [0.2, 0.25) is 10.0 Å². The molecule has 0 amide bonds. The lowest BCUT2D eigenvalue weighted by atomic mass is 10.2. The van der Waals surface area contributed by atoms with Gasteiger partial charge in [0, 0.05) is 16.6 Å². The standard InChI is InChI=1S/C15H10Cl2N2O2S/c16-11-6-7-13(12(17)9-11)19-22(20,21)14-5-1-3-10-4-2-8-18-15(10)14/h1-9,19H. The number of fused-ring (bicyclic) bond motifs is 1. The van der Waals surface area contributed by atoms with Crippen molar-refractivity contribution in [3.8, 4) is 0 Å². The fourth-order valence-electron chi connectivity index (χ4n) is 2.07. The third-order valence-electron chi connectivity index (χ3n) is 3.06. The fourth-order valence-corrected chi connectivity index (χ4v) is 3.84. The Bertz CT molecular complexity index is 953. The maximum Gasteiger partial charge on any atom is 0.264 e. The average Bonchev–Trinajstić information content (AvgIpc) is 2.49. The molecule has 3 aromatic rings. The zero-order valence-corrected chi connectivity index (χ0v) is 13.5. The molecule has 0 aliphatic rings. The quantitative estimate of drug-likeness (QED) is 0.762. The van der Waals surface area contributed by atoms with E-state index < -0.39 is 10.0 Å². The third-order valence-corrected chi connectivity index (χ3v) is 5.01. The number of hydrogen-bond acceptors (Lipinski definition) is 3. The van der Waals surface area contributed by atoms with Gasteiger partial charge in [0.1, 0.15) is 4.90 Å². The summed E-state index contributed by atoms with van der Waals surface area (Å²) in [5.41, 5.74) is 0.668. The highest BCUT2D eigenvalue weighted by Crippen LogP contribution is 2.29. The number of pyridine rings is 1. The first kappa shape index (κ1) is 15.1. The maximum absolute atomic E-state index is 12.6. The van der Waals surface area contributed by atoms with E-state index in [9.17, 15) is 8.42 Å². The van der Waals surface area contributed by atoms with Crippen LogP contribution in [-0.2, 0) is 10.0 Å². The van der Waals surface area contributed by atoms with Gasteiger partial charge in [-0.15, -0.1) is 0 Å². The summed E-state index contributed by atoms with van der Waals surface area (Å²) in [6.07, 6.45) is 1.55. The number of aromatic nitrogens is 1. The first-order valence-corrected chi connectivity index (χ1v) is 8.53. The monoisotopic (exact) mass is 352 g/mol. The van der Waals surface area contributed by atoms with Crippen LogP contribution in [0, 0.1) is 0 Å². The van der Waals surface area contributed by atoms with Gasteiger partial charge in [-0.25, -0.2) is 8.42 Å². The van der Waals surface area contributed by atoms with Crippen molar-refractivity contribution in [1.82, 2.24) is 4.98 Å². The number of benzene rings is 2. The van der Waals surface area contributed by atoms with E-state index in [0.29, 0.717) is 10.5 Å². The van der Waals surface area contributed by atoms with Crippen LogP contribution in [0.4, 0.5) is 5.69 Å². The maximum atomic E-state index is 12.6. The number of para-hydroxylation sites is 1. The van der Waals surface area contributed by atoms with Gasteiger partial charge in [-0.1, -0.05) is 41.4 Å². The molecule has 7 heteroatoms. The summed E-state index contributed by atoms with van der Waals surface area (Å²) < 4.78 is 27.7. The predicted molar refractivity (Wildman–Crippen MR) is 89.0 cm³/mol. The second-order valence-electron chi connectivity index (χ2n) is 4.56. The molecule has 0 atom stereocenters. The van der Waals surface area contributed by atoms with E-state index >= 15 is 0 Å². The van der Waals surface area contributed by atoms with Crippen molar-refractivity contribution in [1.29, 1.82) is 0 Å². The molecule has 22 heavy (non-hydrogen) atoms. The van der Waals surface area contributed by atoms with E-state index in [0.717, 1.165) is 5.39 Å². The van der Waals surface area contributed by atoms with E-state index in [1.165, 1.54) is 18.2 Å². The minimum absolute atomic E-state index is 0.0941. The molecule has 4 nitrogen and oxygen atoms in total. The van der Waals surface area contributed by atoms with E-state index in [1.54, 1.807) is 36.5 Å². The fraction of sp³-hybridized carbons (Fsp3) is 0. The molecule has 112 valence electrons. The smallest absolute Gasteiger partial charge is 0.264 e. The van der Waals surface area contributed by atoms with Crippen LogP contribution >= 0.6 is 23.2 Å². The molecular weight excluding hydrogens is 343 g/mol. The Morgan fingerprint density at radius 3 is 2.55 bits per heavy atom. The molecule has 1 N–H and O–H groups in total. The van der Waals surface area contributed by atoms with E-state index in [4.69, 9.17) is 23.2 Å². The molecule has 0 aliphatic carbocycles. The lowest BCUT2D eigenvalue weighted by molar-refractivity contribution is 0.602. The minimum Gasteiger partial charge on any atom is -0.278 e. The van der Waals surface area contributed by atoms with Crippen LogP contribution in [0.15, 0.2) is 59.6 Å². The van der Waals surface area contributed by atoms with Gasteiger partial charge in [0.15, 0.2) is 0 Å². The molecule has 2 aromatic carbocycles. The van der Waals surface area contributed by atoms with Crippen molar-refractivity contribution in [2.75, 3.05) is 4.72 Å². The van der Waals surface area contributed by atoms with Gasteiger partial charge in [-0.05, 0) is 30.3 Å². The summed E-state index contributed by atoms with van der Waals surface area (Å²) in [4.78, 5) is 4.25. The molecule has 0 unspecified atom stereocenters. The van der Waals surface area contributed by atoms with Crippen LogP contribution < -0.4 is 4.72 Å². The van der Waals surface area contributed by atoms with E-state index in [1.807, 2.05) is 0 Å². The normalized spacial score (nSPS) is 11.5. The number of nitrogens with zero attached hydrogens (tertiary/aromatic N) is 1. The molecule has 0 bridgehead atoms. The zero-order valence-electron chi connectivity index (χ0n) is 11.1. The molecular formula is C15H10Cl2N2O2S. The van der Waals surface area contributed by atoms with Gasteiger partial charge >= 0.3 is 0 Å². The van der Waals surface area contributed by atoms with Crippen molar-refractivity contribution in [2.24, 2.45) is 0 Å². The largest absolute Gasteiger partial charge is 0.278 e. The molecule has 0 aliphatic heterocycles. The van der Waals surface area contributed by atoms with E-state index in [-0.39, 0.29) is 15.6 Å². The Labute approximate surface area is 137 Å². The van der Waals surface area contributed by atoms with Gasteiger partial charge in [-0.3, -0.25) is 9.71 Å². The van der Waals surface area contributed by atoms with Crippen LogP contribution in [-0.4, -0.2) is 13.4 Å². The summed E-state index contributed by atoms with van der Waals surface area (Å²) in [5.74, 6) is 0. The van der Waals surface area contributed by atoms with Gasteiger partial charge in [0.25, 0.3) is 10.0 Å². The number of rotatable bonds is 3. The molecule has 0 radical (unpaired) electrons. The molecule has 0 saturated carbocycles. The van der Waals surface area contributed by atoms with Crippen LogP contribution in [0.3, 0.4) is 0 Å². The van der Waals surface area contributed by atoms with Crippen molar-refractivity contribution >= 4 is 49.8 Å². The average molecular weight is 353 g/mol. The summed E-state index contributed by atoms with van der Waals surface area (Å²) in [6.45, 7) is 0. The minimum atomic E-state index is -3.82. The Hall–Kier alpha value is -1.82. The molecule has 3 rings (SSSR count). The SMILES string of the molecule is O=S(=O)(Nc1ccc(Cl)cc1Cl)c1cccc2cccnc12. The van der Waals surface area contributed by atoms with Crippen molar-refractivity contribution in [3.05, 3.63) is 64.8 Å². The van der Waals surface area contributed by atoms with Crippen LogP contribution in [0.25, 0.3) is 10.9 Å². The topological polar surface area (TPSA) is 59.1 Å². The number of anilines is 1. The van der Waals surface area contributed by atoms with Gasteiger partial charge in [-0.2, -0.15) is 0 Å². The highest BCUT2D eigenvalue weighted by Gasteiger charge is 2.19. The molecule has 1 aromatic heterocycles. The lowest BCUT2D eigenvalue weighted by Gasteiger charge is -2.11. The predicted octanol–water partition coefficient (Wildman–Crippen LogP) is 4.34. The third kappa shape index (κ3) is 2.88. The summed E-state index contributed by atoms with van der Waals surface area (Å²) in [7, 11) is -3.82. The summed E-state index contributed by atoms with van der Waals surface area (Å²) in [5, 5.41) is 1.40. The number of halogens is 2. The highest BCUT2D eigenvalue weighted by atomic mass is 35.5. The van der Waals surface area contributed by atoms with Crippen LogP contribution in [0.1, 0.15) is 0 Å². The lowest BCUT2D eigenvalue weighted by Crippen LogP contribution is -2.14. The molecule has 1 heterocycles. The Morgan fingerprint density at radius 1 is 1.00 bits per heavy atom. The van der Waals surface area contributed by atoms with Gasteiger partial charge in [0.05, 0.1) is 16.2 Å². The highest BCUT2D eigenvalue weighted by molar-refractivity contribution is 7.93. The molecule has 0 saturated heterocycles. The summed E-state index contributed by atoms with van der Waals surface area (Å²) >= 11 is 11.8. The second-order valence-corrected chi connectivity index (χ2v) is 7.06. The summed E-state index contributed by atoms with van der Waals surface area (Å²) in [6, 6.07) is 13.1. The van der Waals surface area contributed by atoms with Crippen molar-refractivity contribution in [2.45, 2.75) is 4.90 Å². The Balaban J connectivity index is 2.09. The van der Waals surface area contributed by atoms with Gasteiger partial charge < -0.3 is 0 Å². The second kappa shape index (κ2) is 5.76. The van der Waals surface area contributed by atoms with E-state index in [2.05, 4.69) is 9.71 Å². The number of hydrogen-bond donors (Lipinski definition) is 1. The zero-order chi connectivity index (χ0) is 15.7. The number of sulfonamides is 1. The Kier molecular flexibility index (Phi) is 3.95. The molecule has 0 fully saturated rings. The Morgan fingerprint density at radius 2 is 1.77 bits per heavy atom. The number of nitrogens with one attached hydrogen (secondary N) is 1. The molecule has 0 spiro atoms. The first-order chi connectivity index (χ1) is 10.5. The van der Waals surface area contributed by atoms with Gasteiger partial charge in [0.2, 0.25) is 0 Å². The van der Waals surface area contributed by atoms with Crippen molar-refractivity contribution < 1.29 is 8.42 Å². The van der Waals surface area contributed by atoms with Crippen LogP contribution in [0.5, 0.6) is 0 Å².